The first-order valence-corrected chi connectivity index (χ1v) is 8.87. The summed E-state index contributed by atoms with van der Waals surface area (Å²) < 4.78 is 0. The Bertz CT molecular complexity index is 1160. The van der Waals surface area contributed by atoms with Gasteiger partial charge in [-0.05, 0) is 12.1 Å². The predicted octanol–water partition coefficient (Wildman–Crippen LogP) is 4.51. The number of ketones is 1. The highest BCUT2D eigenvalue weighted by atomic mass is 16.3. The number of pyridine rings is 1. The van der Waals surface area contributed by atoms with Crippen molar-refractivity contribution < 1.29 is 9.90 Å². The normalized spacial score (nSPS) is 11.5. The van der Waals surface area contributed by atoms with E-state index in [2.05, 4.69) is 15.0 Å². The molecule has 0 spiro atoms. The van der Waals surface area contributed by atoms with Crippen LogP contribution in [0.25, 0.3) is 23.0 Å². The molecule has 0 radical (unpaired) electrons. The summed E-state index contributed by atoms with van der Waals surface area (Å²) in [5.74, 6) is -0.00872. The van der Waals surface area contributed by atoms with E-state index in [9.17, 15) is 9.90 Å². The molecule has 0 aliphatic rings. The lowest BCUT2D eigenvalue weighted by molar-refractivity contribution is 0.0992. The highest BCUT2D eigenvalue weighted by molar-refractivity contribution is 5.98. The maximum Gasteiger partial charge on any atom is 0.178 e. The molecule has 4 rings (SSSR count). The Balaban J connectivity index is 1.78. The van der Waals surface area contributed by atoms with Gasteiger partial charge in [0.25, 0.3) is 0 Å². The molecule has 0 aliphatic carbocycles. The number of carbonyl (C=O) groups excluding carboxylic acids is 1. The fourth-order valence-electron chi connectivity index (χ4n) is 2.89. The van der Waals surface area contributed by atoms with E-state index >= 15 is 0 Å². The number of aliphatic hydroxyl groups excluding tert-OH is 1. The van der Waals surface area contributed by atoms with Gasteiger partial charge < -0.3 is 5.11 Å². The van der Waals surface area contributed by atoms with Crippen LogP contribution in [-0.2, 0) is 6.42 Å². The minimum Gasteiger partial charge on any atom is -0.507 e. The van der Waals surface area contributed by atoms with Gasteiger partial charge in [-0.1, -0.05) is 60.7 Å². The Hall–Kier alpha value is -3.86. The predicted molar refractivity (Wildman–Crippen MR) is 109 cm³/mol. The number of rotatable bonds is 5. The van der Waals surface area contributed by atoms with Crippen molar-refractivity contribution >= 4 is 28.8 Å². The Labute approximate surface area is 162 Å². The highest BCUT2D eigenvalue weighted by Crippen LogP contribution is 2.19. The SMILES string of the molecule is O=C(Cc1nc2cccnc2nc1/C=C(/O)c1ccccc1)c1ccccc1. The number of benzene rings is 2. The lowest BCUT2D eigenvalue weighted by atomic mass is 10.0. The van der Waals surface area contributed by atoms with E-state index in [1.807, 2.05) is 36.4 Å². The van der Waals surface area contributed by atoms with Crippen LogP contribution in [0.4, 0.5) is 0 Å². The second kappa shape index (κ2) is 7.80. The van der Waals surface area contributed by atoms with E-state index in [0.29, 0.717) is 33.7 Å². The smallest absolute Gasteiger partial charge is 0.178 e. The molecule has 0 saturated carbocycles. The van der Waals surface area contributed by atoms with Crippen molar-refractivity contribution in [1.29, 1.82) is 0 Å². The summed E-state index contributed by atoms with van der Waals surface area (Å²) >= 11 is 0. The van der Waals surface area contributed by atoms with E-state index in [0.717, 1.165) is 0 Å². The summed E-state index contributed by atoms with van der Waals surface area (Å²) in [7, 11) is 0. The Morgan fingerprint density at radius 2 is 1.54 bits per heavy atom. The van der Waals surface area contributed by atoms with E-state index in [4.69, 9.17) is 0 Å². The van der Waals surface area contributed by atoms with Gasteiger partial charge >= 0.3 is 0 Å². The third-order valence-corrected chi connectivity index (χ3v) is 4.31. The summed E-state index contributed by atoms with van der Waals surface area (Å²) in [5.41, 5.74) is 3.26. The molecular formula is C23H17N3O2. The first-order valence-electron chi connectivity index (χ1n) is 8.87. The van der Waals surface area contributed by atoms with Crippen LogP contribution >= 0.6 is 0 Å². The first kappa shape index (κ1) is 17.5. The fourth-order valence-corrected chi connectivity index (χ4v) is 2.89. The molecule has 2 heterocycles. The van der Waals surface area contributed by atoms with E-state index < -0.39 is 0 Å². The molecule has 0 bridgehead atoms. The van der Waals surface area contributed by atoms with Gasteiger partial charge in [-0.15, -0.1) is 0 Å². The zero-order chi connectivity index (χ0) is 19.3. The molecule has 28 heavy (non-hydrogen) atoms. The molecule has 0 unspecified atom stereocenters. The Morgan fingerprint density at radius 3 is 2.25 bits per heavy atom. The topological polar surface area (TPSA) is 76.0 Å². The van der Waals surface area contributed by atoms with Crippen LogP contribution in [0.3, 0.4) is 0 Å². The molecular weight excluding hydrogens is 350 g/mol. The molecule has 5 heteroatoms. The molecule has 136 valence electrons. The van der Waals surface area contributed by atoms with Crippen LogP contribution in [0.15, 0.2) is 79.0 Å². The number of hydrogen-bond donors (Lipinski definition) is 1. The molecule has 2 aromatic carbocycles. The standard InChI is InChI=1S/C23H17N3O2/c27-21(16-8-3-1-4-9-16)14-19-20(15-22(28)17-10-5-2-6-11-17)26-23-18(25-19)12-7-13-24-23/h1-13,15,28H,14H2/b22-15+. The van der Waals surface area contributed by atoms with Crippen molar-refractivity contribution in [1.82, 2.24) is 15.0 Å². The van der Waals surface area contributed by atoms with Crippen molar-refractivity contribution in [2.24, 2.45) is 0 Å². The van der Waals surface area contributed by atoms with Crippen molar-refractivity contribution in [2.45, 2.75) is 6.42 Å². The summed E-state index contributed by atoms with van der Waals surface area (Å²) in [4.78, 5) is 26.0. The number of aliphatic hydroxyl groups is 1. The number of fused-ring (bicyclic) bond motifs is 1. The molecule has 4 aromatic rings. The minimum absolute atomic E-state index is 0.0543. The van der Waals surface area contributed by atoms with E-state index in [-0.39, 0.29) is 18.0 Å². The number of nitrogens with zero attached hydrogens (tertiary/aromatic N) is 3. The van der Waals surface area contributed by atoms with E-state index in [1.165, 1.54) is 6.08 Å². The van der Waals surface area contributed by atoms with E-state index in [1.54, 1.807) is 42.6 Å². The molecule has 0 fully saturated rings. The average molecular weight is 367 g/mol. The minimum atomic E-state index is -0.0630. The Kier molecular flexibility index (Phi) is 4.89. The van der Waals surface area contributed by atoms with Gasteiger partial charge in [0.1, 0.15) is 11.3 Å². The average Bonchev–Trinajstić information content (AvgIpc) is 2.75. The molecule has 0 aliphatic heterocycles. The molecule has 2 aromatic heterocycles. The monoisotopic (exact) mass is 367 g/mol. The van der Waals surface area contributed by atoms with Gasteiger partial charge in [-0.3, -0.25) is 4.79 Å². The van der Waals surface area contributed by atoms with Crippen LogP contribution in [0.5, 0.6) is 0 Å². The van der Waals surface area contributed by atoms with Gasteiger partial charge in [0.2, 0.25) is 0 Å². The Morgan fingerprint density at radius 1 is 0.857 bits per heavy atom. The third kappa shape index (κ3) is 3.78. The number of hydrogen-bond acceptors (Lipinski definition) is 5. The lowest BCUT2D eigenvalue weighted by Gasteiger charge is -2.08. The maximum atomic E-state index is 12.7. The second-order valence-electron chi connectivity index (χ2n) is 6.26. The zero-order valence-electron chi connectivity index (χ0n) is 15.0. The summed E-state index contributed by atoms with van der Waals surface area (Å²) in [6.07, 6.45) is 3.25. The van der Waals surface area contributed by atoms with Gasteiger partial charge in [-0.25, -0.2) is 15.0 Å². The first-order chi connectivity index (χ1) is 13.7. The van der Waals surface area contributed by atoms with Crippen molar-refractivity contribution in [2.75, 3.05) is 0 Å². The fraction of sp³-hybridized carbons (Fsp3) is 0.0435. The molecule has 0 atom stereocenters. The molecule has 0 amide bonds. The molecule has 1 N–H and O–H groups in total. The zero-order valence-corrected chi connectivity index (χ0v) is 15.0. The highest BCUT2D eigenvalue weighted by Gasteiger charge is 2.14. The molecule has 5 nitrogen and oxygen atoms in total. The number of aromatic nitrogens is 3. The quantitative estimate of drug-likeness (QED) is 0.415. The van der Waals surface area contributed by atoms with Crippen LogP contribution in [-0.4, -0.2) is 25.8 Å². The summed E-state index contributed by atoms with van der Waals surface area (Å²) in [6.45, 7) is 0. The second-order valence-corrected chi connectivity index (χ2v) is 6.26. The third-order valence-electron chi connectivity index (χ3n) is 4.31. The van der Waals surface area contributed by atoms with Gasteiger partial charge in [-0.2, -0.15) is 0 Å². The summed E-state index contributed by atoms with van der Waals surface area (Å²) in [5, 5.41) is 10.5. The number of Topliss-reactive ketones (excluding diaryl/α,β-unsaturated/α-hetero) is 1. The molecule has 0 saturated heterocycles. The van der Waals surface area contributed by atoms with Gasteiger partial charge in [0, 0.05) is 23.4 Å². The van der Waals surface area contributed by atoms with Crippen LogP contribution in [0, 0.1) is 0 Å². The maximum absolute atomic E-state index is 12.7. The van der Waals surface area contributed by atoms with Crippen LogP contribution < -0.4 is 0 Å². The largest absolute Gasteiger partial charge is 0.507 e. The van der Waals surface area contributed by atoms with Crippen molar-refractivity contribution in [3.8, 4) is 0 Å². The van der Waals surface area contributed by atoms with Gasteiger partial charge in [0.15, 0.2) is 11.4 Å². The van der Waals surface area contributed by atoms with Crippen LogP contribution in [0.1, 0.15) is 27.3 Å². The van der Waals surface area contributed by atoms with Crippen molar-refractivity contribution in [3.05, 3.63) is 102 Å². The lowest BCUT2D eigenvalue weighted by Crippen LogP contribution is -2.08. The van der Waals surface area contributed by atoms with Crippen molar-refractivity contribution in [3.63, 3.8) is 0 Å². The summed E-state index contributed by atoms with van der Waals surface area (Å²) in [6, 6.07) is 21.8. The van der Waals surface area contributed by atoms with Crippen LogP contribution in [0.2, 0.25) is 0 Å². The van der Waals surface area contributed by atoms with Gasteiger partial charge in [0.05, 0.1) is 17.8 Å². The number of carbonyl (C=O) groups is 1.